The maximum Gasteiger partial charge on any atom is 0.155 e. The van der Waals surface area contributed by atoms with Crippen LogP contribution in [0.1, 0.15) is 37.6 Å². The SMILES string of the molecule is CC1(C)Cc2c(ccn2-c2ncccc2Cl)C(O)C1. The van der Waals surface area contributed by atoms with Crippen LogP contribution in [-0.2, 0) is 6.42 Å². The summed E-state index contributed by atoms with van der Waals surface area (Å²) in [7, 11) is 0. The minimum Gasteiger partial charge on any atom is -0.388 e. The quantitative estimate of drug-likeness (QED) is 0.865. The van der Waals surface area contributed by atoms with Gasteiger partial charge in [0, 0.05) is 23.7 Å². The van der Waals surface area contributed by atoms with Crippen molar-refractivity contribution in [3.63, 3.8) is 0 Å². The molecule has 2 aromatic heterocycles. The van der Waals surface area contributed by atoms with Crippen LogP contribution in [-0.4, -0.2) is 14.7 Å². The zero-order valence-corrected chi connectivity index (χ0v) is 11.9. The number of hydrogen-bond acceptors (Lipinski definition) is 2. The summed E-state index contributed by atoms with van der Waals surface area (Å²) in [4.78, 5) is 4.35. The van der Waals surface area contributed by atoms with Gasteiger partial charge in [0.1, 0.15) is 0 Å². The zero-order valence-electron chi connectivity index (χ0n) is 11.1. The van der Waals surface area contributed by atoms with Crippen molar-refractivity contribution in [2.75, 3.05) is 0 Å². The molecule has 0 saturated carbocycles. The van der Waals surface area contributed by atoms with Crippen LogP contribution < -0.4 is 0 Å². The number of halogens is 1. The van der Waals surface area contributed by atoms with Gasteiger partial charge in [-0.1, -0.05) is 25.4 Å². The van der Waals surface area contributed by atoms with Crippen molar-refractivity contribution in [3.05, 3.63) is 46.9 Å². The Hall–Kier alpha value is -1.32. The maximum absolute atomic E-state index is 10.3. The molecule has 0 spiro atoms. The molecular formula is C15H17ClN2O. The molecule has 19 heavy (non-hydrogen) atoms. The molecule has 0 aromatic carbocycles. The molecule has 0 bridgehead atoms. The minimum atomic E-state index is -0.400. The Labute approximate surface area is 117 Å². The second-order valence-corrected chi connectivity index (χ2v) is 6.36. The molecule has 0 amide bonds. The van der Waals surface area contributed by atoms with Gasteiger partial charge in [-0.15, -0.1) is 0 Å². The average Bonchev–Trinajstić information content (AvgIpc) is 2.72. The fourth-order valence-corrected chi connectivity index (χ4v) is 3.10. The summed E-state index contributed by atoms with van der Waals surface area (Å²) in [5.74, 6) is 0.732. The first kappa shape index (κ1) is 12.7. The predicted octanol–water partition coefficient (Wildman–Crippen LogP) is 3.53. The van der Waals surface area contributed by atoms with E-state index in [4.69, 9.17) is 11.6 Å². The molecular weight excluding hydrogens is 260 g/mol. The van der Waals surface area contributed by atoms with Crippen LogP contribution >= 0.6 is 11.6 Å². The number of aliphatic hydroxyl groups excluding tert-OH is 1. The molecule has 1 unspecified atom stereocenters. The van der Waals surface area contributed by atoms with Crippen molar-refractivity contribution in [2.24, 2.45) is 5.41 Å². The van der Waals surface area contributed by atoms with Crippen molar-refractivity contribution < 1.29 is 5.11 Å². The lowest BCUT2D eigenvalue weighted by Crippen LogP contribution is -2.26. The molecule has 3 nitrogen and oxygen atoms in total. The van der Waals surface area contributed by atoms with E-state index in [-0.39, 0.29) is 5.41 Å². The topological polar surface area (TPSA) is 38.0 Å². The molecule has 1 atom stereocenters. The average molecular weight is 277 g/mol. The van der Waals surface area contributed by atoms with E-state index in [0.29, 0.717) is 5.02 Å². The summed E-state index contributed by atoms with van der Waals surface area (Å²) in [6.07, 6.45) is 4.99. The second-order valence-electron chi connectivity index (χ2n) is 5.96. The summed E-state index contributed by atoms with van der Waals surface area (Å²) >= 11 is 6.22. The van der Waals surface area contributed by atoms with Gasteiger partial charge in [-0.3, -0.25) is 0 Å². The van der Waals surface area contributed by atoms with Gasteiger partial charge in [0.25, 0.3) is 0 Å². The molecule has 2 aromatic rings. The highest BCUT2D eigenvalue weighted by atomic mass is 35.5. The summed E-state index contributed by atoms with van der Waals surface area (Å²) in [5.41, 5.74) is 2.20. The third-order valence-corrected chi connectivity index (χ3v) is 4.04. The molecule has 4 heteroatoms. The molecule has 100 valence electrons. The smallest absolute Gasteiger partial charge is 0.155 e. The Morgan fingerprint density at radius 3 is 2.95 bits per heavy atom. The number of rotatable bonds is 1. The van der Waals surface area contributed by atoms with Crippen LogP contribution in [0, 0.1) is 5.41 Å². The highest BCUT2D eigenvalue weighted by Crippen LogP contribution is 2.42. The lowest BCUT2D eigenvalue weighted by atomic mass is 9.75. The van der Waals surface area contributed by atoms with Crippen LogP contribution in [0.5, 0.6) is 0 Å². The van der Waals surface area contributed by atoms with E-state index in [1.54, 1.807) is 6.20 Å². The largest absolute Gasteiger partial charge is 0.388 e. The van der Waals surface area contributed by atoms with Crippen molar-refractivity contribution in [1.82, 2.24) is 9.55 Å². The van der Waals surface area contributed by atoms with Crippen molar-refractivity contribution in [1.29, 1.82) is 0 Å². The molecule has 1 aliphatic carbocycles. The summed E-state index contributed by atoms with van der Waals surface area (Å²) < 4.78 is 2.00. The van der Waals surface area contributed by atoms with E-state index in [9.17, 15) is 5.11 Å². The van der Waals surface area contributed by atoms with E-state index in [0.717, 1.165) is 29.9 Å². The van der Waals surface area contributed by atoms with E-state index in [1.807, 2.05) is 29.0 Å². The fraction of sp³-hybridized carbons (Fsp3) is 0.400. The van der Waals surface area contributed by atoms with Crippen molar-refractivity contribution >= 4 is 11.6 Å². The summed E-state index contributed by atoms with van der Waals surface area (Å²) in [5, 5.41) is 10.9. The Morgan fingerprint density at radius 1 is 1.42 bits per heavy atom. The first-order valence-corrected chi connectivity index (χ1v) is 6.85. The van der Waals surface area contributed by atoms with Gasteiger partial charge < -0.3 is 9.67 Å². The number of aromatic nitrogens is 2. The molecule has 1 aliphatic rings. The number of hydrogen-bond donors (Lipinski definition) is 1. The fourth-order valence-electron chi connectivity index (χ4n) is 2.88. The number of aliphatic hydroxyl groups is 1. The lowest BCUT2D eigenvalue weighted by Gasteiger charge is -2.33. The number of fused-ring (bicyclic) bond motifs is 1. The Bertz CT molecular complexity index is 618. The molecule has 0 radical (unpaired) electrons. The van der Waals surface area contributed by atoms with Gasteiger partial charge in [-0.2, -0.15) is 0 Å². The lowest BCUT2D eigenvalue weighted by molar-refractivity contribution is 0.0986. The monoisotopic (exact) mass is 276 g/mol. The van der Waals surface area contributed by atoms with E-state index >= 15 is 0 Å². The van der Waals surface area contributed by atoms with E-state index in [1.165, 1.54) is 0 Å². The minimum absolute atomic E-state index is 0.0871. The third kappa shape index (κ3) is 2.17. The molecule has 0 fully saturated rings. The summed E-state index contributed by atoms with van der Waals surface area (Å²) in [6, 6.07) is 5.63. The van der Waals surface area contributed by atoms with Crippen LogP contribution in [0.4, 0.5) is 0 Å². The van der Waals surface area contributed by atoms with Gasteiger partial charge in [-0.25, -0.2) is 4.98 Å². The highest BCUT2D eigenvalue weighted by Gasteiger charge is 2.33. The Morgan fingerprint density at radius 2 is 2.21 bits per heavy atom. The Kier molecular flexibility index (Phi) is 2.91. The molecule has 0 saturated heterocycles. The van der Waals surface area contributed by atoms with E-state index in [2.05, 4.69) is 18.8 Å². The normalized spacial score (nSPS) is 21.2. The Balaban J connectivity index is 2.14. The number of pyridine rings is 1. The second kappa shape index (κ2) is 4.36. The van der Waals surface area contributed by atoms with E-state index < -0.39 is 6.10 Å². The predicted molar refractivity (Wildman–Crippen MR) is 75.6 cm³/mol. The van der Waals surface area contributed by atoms with Crippen LogP contribution in [0.15, 0.2) is 30.6 Å². The first-order chi connectivity index (χ1) is 8.98. The van der Waals surface area contributed by atoms with Crippen molar-refractivity contribution in [2.45, 2.75) is 32.8 Å². The first-order valence-electron chi connectivity index (χ1n) is 6.47. The van der Waals surface area contributed by atoms with Crippen LogP contribution in [0.3, 0.4) is 0 Å². The van der Waals surface area contributed by atoms with Crippen LogP contribution in [0.2, 0.25) is 5.02 Å². The number of nitrogens with zero attached hydrogens (tertiary/aromatic N) is 2. The van der Waals surface area contributed by atoms with Gasteiger partial charge in [-0.05, 0) is 36.5 Å². The van der Waals surface area contributed by atoms with Gasteiger partial charge in [0.15, 0.2) is 5.82 Å². The van der Waals surface area contributed by atoms with Gasteiger partial charge in [0.05, 0.1) is 11.1 Å². The molecule has 0 aliphatic heterocycles. The maximum atomic E-state index is 10.3. The molecule has 1 N–H and O–H groups in total. The molecule has 2 heterocycles. The molecule has 3 rings (SSSR count). The van der Waals surface area contributed by atoms with Gasteiger partial charge >= 0.3 is 0 Å². The third-order valence-electron chi connectivity index (χ3n) is 3.75. The highest BCUT2D eigenvalue weighted by molar-refractivity contribution is 6.32. The standard InChI is InChI=1S/C15H17ClN2O/c1-15(2)8-12-10(13(19)9-15)5-7-18(12)14-11(16)4-3-6-17-14/h3-7,13,19H,8-9H2,1-2H3. The van der Waals surface area contributed by atoms with Gasteiger partial charge in [0.2, 0.25) is 0 Å². The zero-order chi connectivity index (χ0) is 13.6. The van der Waals surface area contributed by atoms with Crippen LogP contribution in [0.25, 0.3) is 5.82 Å². The van der Waals surface area contributed by atoms with Crippen molar-refractivity contribution in [3.8, 4) is 5.82 Å². The summed E-state index contributed by atoms with van der Waals surface area (Å²) in [6.45, 7) is 4.35.